The number of carbonyl (C=O) groups is 2. The molecule has 8 heteroatoms. The zero-order valence-electron chi connectivity index (χ0n) is 18.0. The van der Waals surface area contributed by atoms with E-state index in [1.165, 1.54) is 17.3 Å². The van der Waals surface area contributed by atoms with Crippen LogP contribution in [0.4, 0.5) is 5.69 Å². The van der Waals surface area contributed by atoms with Gasteiger partial charge in [0.25, 0.3) is 0 Å². The van der Waals surface area contributed by atoms with Crippen LogP contribution in [-0.4, -0.2) is 39.0 Å². The zero-order valence-corrected chi connectivity index (χ0v) is 18.8. The summed E-state index contributed by atoms with van der Waals surface area (Å²) in [6, 6.07) is 16.8. The van der Waals surface area contributed by atoms with Crippen LogP contribution >= 0.6 is 11.8 Å². The second-order valence-electron chi connectivity index (χ2n) is 6.92. The number of thioether (sulfide) groups is 1. The number of benzene rings is 2. The number of hydrogen-bond donors (Lipinski definition) is 1. The second kappa shape index (κ2) is 11.9. The largest absolute Gasteiger partial charge is 0.462 e. The van der Waals surface area contributed by atoms with Gasteiger partial charge in [0.1, 0.15) is 5.82 Å². The molecule has 0 spiro atoms. The van der Waals surface area contributed by atoms with Gasteiger partial charge in [0.05, 0.1) is 17.9 Å². The number of nitrogens with zero attached hydrogens (tertiary/aromatic N) is 3. The maximum atomic E-state index is 12.4. The Labute approximate surface area is 191 Å². The van der Waals surface area contributed by atoms with Crippen molar-refractivity contribution in [1.29, 1.82) is 0 Å². The Balaban J connectivity index is 1.56. The van der Waals surface area contributed by atoms with Crippen molar-refractivity contribution in [3.8, 4) is 0 Å². The molecule has 1 heterocycles. The minimum Gasteiger partial charge on any atom is -0.462 e. The molecule has 3 aromatic rings. The van der Waals surface area contributed by atoms with E-state index in [0.29, 0.717) is 29.6 Å². The molecule has 3 rings (SSSR count). The molecule has 1 aromatic heterocycles. The Morgan fingerprint density at radius 2 is 1.84 bits per heavy atom. The molecule has 0 saturated carbocycles. The van der Waals surface area contributed by atoms with Crippen molar-refractivity contribution in [3.05, 3.63) is 84.2 Å². The van der Waals surface area contributed by atoms with E-state index in [2.05, 4.69) is 34.2 Å². The summed E-state index contributed by atoms with van der Waals surface area (Å²) in [5, 5.41) is 12.1. The first-order chi connectivity index (χ1) is 15.6. The number of carbonyl (C=O) groups excluding carboxylic acids is 2. The van der Waals surface area contributed by atoms with Gasteiger partial charge in [0.15, 0.2) is 5.16 Å². The summed E-state index contributed by atoms with van der Waals surface area (Å²) in [7, 11) is 0. The summed E-state index contributed by atoms with van der Waals surface area (Å²) in [5.41, 5.74) is 2.29. The summed E-state index contributed by atoms with van der Waals surface area (Å²) in [4.78, 5) is 24.1. The maximum absolute atomic E-state index is 12.4. The summed E-state index contributed by atoms with van der Waals surface area (Å²) < 4.78 is 6.95. The van der Waals surface area contributed by atoms with Crippen LogP contribution in [-0.2, 0) is 28.9 Å². The lowest BCUT2D eigenvalue weighted by Gasteiger charge is -2.09. The van der Waals surface area contributed by atoms with Gasteiger partial charge in [-0.1, -0.05) is 48.2 Å². The summed E-state index contributed by atoms with van der Waals surface area (Å²) in [5.74, 6) is 0.503. The molecule has 32 heavy (non-hydrogen) atoms. The maximum Gasteiger partial charge on any atom is 0.338 e. The van der Waals surface area contributed by atoms with Crippen LogP contribution in [0, 0.1) is 0 Å². The van der Waals surface area contributed by atoms with Gasteiger partial charge in [0.2, 0.25) is 5.91 Å². The number of hydrogen-bond acceptors (Lipinski definition) is 6. The molecule has 0 saturated heterocycles. The first kappa shape index (κ1) is 23.3. The molecule has 7 nitrogen and oxygen atoms in total. The van der Waals surface area contributed by atoms with Gasteiger partial charge in [-0.25, -0.2) is 4.79 Å². The second-order valence-corrected chi connectivity index (χ2v) is 7.86. The highest BCUT2D eigenvalue weighted by Gasteiger charge is 2.14. The van der Waals surface area contributed by atoms with E-state index in [1.54, 1.807) is 37.3 Å². The van der Waals surface area contributed by atoms with E-state index in [9.17, 15) is 9.59 Å². The Bertz CT molecular complexity index is 1050. The Morgan fingerprint density at radius 3 is 2.53 bits per heavy atom. The van der Waals surface area contributed by atoms with Crippen LogP contribution in [0.25, 0.3) is 0 Å². The average Bonchev–Trinajstić information content (AvgIpc) is 3.19. The highest BCUT2D eigenvalue weighted by Crippen LogP contribution is 2.19. The molecule has 0 fully saturated rings. The topological polar surface area (TPSA) is 86.1 Å². The van der Waals surface area contributed by atoms with Gasteiger partial charge in [-0.2, -0.15) is 0 Å². The molecule has 0 unspecified atom stereocenters. The Kier molecular flexibility index (Phi) is 8.62. The number of ether oxygens (including phenoxy) is 1. The van der Waals surface area contributed by atoms with Crippen LogP contribution in [0.3, 0.4) is 0 Å². The highest BCUT2D eigenvalue weighted by atomic mass is 32.2. The standard InChI is InChI=1S/C24H26N4O3S/c1-3-16-28-21(15-10-18-8-6-5-7-9-18)26-27-24(28)32-17-22(29)25-20-13-11-19(12-14-20)23(30)31-4-2/h3,5-9,11-14H,1,4,10,15-17H2,2H3,(H,25,29). The Hall–Kier alpha value is -3.39. The van der Waals surface area contributed by atoms with E-state index in [4.69, 9.17) is 4.74 Å². The van der Waals surface area contributed by atoms with E-state index < -0.39 is 0 Å². The van der Waals surface area contributed by atoms with E-state index in [0.717, 1.165) is 18.7 Å². The average molecular weight is 451 g/mol. The number of allylic oxidation sites excluding steroid dienone is 1. The normalized spacial score (nSPS) is 10.5. The molecule has 0 bridgehead atoms. The lowest BCUT2D eigenvalue weighted by atomic mass is 10.1. The van der Waals surface area contributed by atoms with Crippen LogP contribution in [0.15, 0.2) is 72.4 Å². The fraction of sp³-hybridized carbons (Fsp3) is 0.250. The molecule has 0 aliphatic heterocycles. The summed E-state index contributed by atoms with van der Waals surface area (Å²) >= 11 is 1.33. The van der Waals surface area contributed by atoms with Crippen LogP contribution < -0.4 is 5.32 Å². The predicted molar refractivity (Wildman–Crippen MR) is 126 cm³/mol. The lowest BCUT2D eigenvalue weighted by molar-refractivity contribution is -0.113. The van der Waals surface area contributed by atoms with E-state index in [-0.39, 0.29) is 17.6 Å². The van der Waals surface area contributed by atoms with Crippen molar-refractivity contribution in [2.75, 3.05) is 17.7 Å². The van der Waals surface area contributed by atoms with Crippen molar-refractivity contribution in [3.63, 3.8) is 0 Å². The fourth-order valence-electron chi connectivity index (χ4n) is 3.06. The molecule has 0 radical (unpaired) electrons. The third kappa shape index (κ3) is 6.55. The number of amides is 1. The van der Waals surface area contributed by atoms with E-state index in [1.807, 2.05) is 22.8 Å². The molecule has 0 aliphatic carbocycles. The summed E-state index contributed by atoms with van der Waals surface area (Å²) in [6.45, 7) is 6.47. The molecular weight excluding hydrogens is 424 g/mol. The highest BCUT2D eigenvalue weighted by molar-refractivity contribution is 7.99. The van der Waals surface area contributed by atoms with Crippen molar-refractivity contribution >= 4 is 29.3 Å². The molecule has 166 valence electrons. The minimum absolute atomic E-state index is 0.169. The lowest BCUT2D eigenvalue weighted by Crippen LogP contribution is -2.15. The molecule has 0 atom stereocenters. The smallest absolute Gasteiger partial charge is 0.338 e. The van der Waals surface area contributed by atoms with Gasteiger partial charge in [0, 0.05) is 18.7 Å². The van der Waals surface area contributed by atoms with Gasteiger partial charge < -0.3 is 14.6 Å². The molecule has 2 aromatic carbocycles. The van der Waals surface area contributed by atoms with Gasteiger partial charge in [-0.05, 0) is 43.2 Å². The van der Waals surface area contributed by atoms with Crippen LogP contribution in [0.1, 0.15) is 28.7 Å². The van der Waals surface area contributed by atoms with Gasteiger partial charge >= 0.3 is 5.97 Å². The Morgan fingerprint density at radius 1 is 1.09 bits per heavy atom. The quantitative estimate of drug-likeness (QED) is 0.268. The van der Waals surface area contributed by atoms with Crippen molar-refractivity contribution < 1.29 is 14.3 Å². The van der Waals surface area contributed by atoms with E-state index >= 15 is 0 Å². The van der Waals surface area contributed by atoms with Crippen molar-refractivity contribution in [2.24, 2.45) is 0 Å². The first-order valence-corrected chi connectivity index (χ1v) is 11.4. The predicted octanol–water partition coefficient (Wildman–Crippen LogP) is 4.16. The number of rotatable bonds is 11. The zero-order chi connectivity index (χ0) is 22.8. The number of nitrogens with one attached hydrogen (secondary N) is 1. The molecular formula is C24H26N4O3S. The first-order valence-electron chi connectivity index (χ1n) is 10.4. The van der Waals surface area contributed by atoms with Crippen LogP contribution in [0.5, 0.6) is 0 Å². The molecule has 1 amide bonds. The van der Waals surface area contributed by atoms with Gasteiger partial charge in [-0.3, -0.25) is 4.79 Å². The third-order valence-electron chi connectivity index (χ3n) is 4.60. The minimum atomic E-state index is -0.384. The fourth-order valence-corrected chi connectivity index (χ4v) is 3.82. The van der Waals surface area contributed by atoms with Crippen molar-refractivity contribution in [1.82, 2.24) is 14.8 Å². The van der Waals surface area contributed by atoms with Crippen molar-refractivity contribution in [2.45, 2.75) is 31.5 Å². The number of esters is 1. The monoisotopic (exact) mass is 450 g/mol. The SMILES string of the molecule is C=CCn1c(CCc2ccccc2)nnc1SCC(=O)Nc1ccc(C(=O)OCC)cc1. The molecule has 1 N–H and O–H groups in total. The number of anilines is 1. The third-order valence-corrected chi connectivity index (χ3v) is 5.56. The van der Waals surface area contributed by atoms with Crippen LogP contribution in [0.2, 0.25) is 0 Å². The number of aryl methyl sites for hydroxylation is 2. The molecule has 0 aliphatic rings. The summed E-state index contributed by atoms with van der Waals surface area (Å²) in [6.07, 6.45) is 3.41. The van der Waals surface area contributed by atoms with Gasteiger partial charge in [-0.15, -0.1) is 16.8 Å². The number of aromatic nitrogens is 3.